The number of fused-ring (bicyclic) bond motifs is 2. The van der Waals surface area contributed by atoms with Gasteiger partial charge in [0.25, 0.3) is 5.91 Å². The van der Waals surface area contributed by atoms with Gasteiger partial charge in [-0.05, 0) is 37.3 Å². The predicted octanol–water partition coefficient (Wildman–Crippen LogP) is 2.57. The summed E-state index contributed by atoms with van der Waals surface area (Å²) in [6.45, 7) is 1.82. The molecule has 8 nitrogen and oxygen atoms in total. The Balaban J connectivity index is 1.62. The number of carbonyl (C=O) groups is 1. The number of oxazole rings is 1. The van der Waals surface area contributed by atoms with Crippen molar-refractivity contribution < 1.29 is 14.3 Å². The first-order valence-electron chi connectivity index (χ1n) is 8.56. The molecule has 0 aliphatic rings. The summed E-state index contributed by atoms with van der Waals surface area (Å²) in [5, 5.41) is 15.1. The Bertz CT molecular complexity index is 1100. The average Bonchev–Trinajstić information content (AvgIpc) is 3.20. The van der Waals surface area contributed by atoms with Gasteiger partial charge in [0.15, 0.2) is 5.58 Å². The summed E-state index contributed by atoms with van der Waals surface area (Å²) < 4.78 is 7.54. The van der Waals surface area contributed by atoms with E-state index in [0.29, 0.717) is 28.6 Å². The van der Waals surface area contributed by atoms with Crippen LogP contribution >= 0.6 is 0 Å². The molecule has 1 atom stereocenters. The van der Waals surface area contributed by atoms with Crippen molar-refractivity contribution in [1.82, 2.24) is 19.9 Å². The van der Waals surface area contributed by atoms with E-state index in [2.05, 4.69) is 20.6 Å². The molecule has 1 unspecified atom stereocenters. The number of para-hydroxylation sites is 2. The Morgan fingerprint density at radius 1 is 1.22 bits per heavy atom. The number of nitrogens with zero attached hydrogens (tertiary/aromatic N) is 3. The van der Waals surface area contributed by atoms with Crippen molar-refractivity contribution in [1.29, 1.82) is 0 Å². The number of aliphatic hydroxyl groups excluding tert-OH is 1. The highest BCUT2D eigenvalue weighted by atomic mass is 16.4. The van der Waals surface area contributed by atoms with Crippen LogP contribution in [0.3, 0.4) is 0 Å². The largest absolute Gasteiger partial charge is 0.423 e. The molecular weight excluding hydrogens is 346 g/mol. The predicted molar refractivity (Wildman–Crippen MR) is 102 cm³/mol. The van der Waals surface area contributed by atoms with Crippen molar-refractivity contribution in [2.75, 3.05) is 11.9 Å². The number of carbonyl (C=O) groups excluding carboxylic acids is 1. The molecule has 4 aromatic rings. The van der Waals surface area contributed by atoms with Crippen LogP contribution in [0.4, 0.5) is 12.0 Å². The fourth-order valence-electron chi connectivity index (χ4n) is 2.82. The molecule has 2 aromatic heterocycles. The third-order valence-electron chi connectivity index (χ3n) is 4.21. The van der Waals surface area contributed by atoms with Gasteiger partial charge in [-0.25, -0.2) is 4.98 Å². The van der Waals surface area contributed by atoms with E-state index >= 15 is 0 Å². The number of amides is 1. The van der Waals surface area contributed by atoms with E-state index in [1.54, 1.807) is 19.1 Å². The number of aliphatic hydroxyl groups is 1. The molecule has 138 valence electrons. The van der Waals surface area contributed by atoms with Crippen LogP contribution in [0.5, 0.6) is 0 Å². The number of hydrogen-bond acceptors (Lipinski definition) is 6. The normalized spacial score (nSPS) is 12.4. The van der Waals surface area contributed by atoms with Crippen molar-refractivity contribution in [3.05, 3.63) is 48.0 Å². The third-order valence-corrected chi connectivity index (χ3v) is 4.21. The Kier molecular flexibility index (Phi) is 4.25. The van der Waals surface area contributed by atoms with Crippen LogP contribution in [-0.2, 0) is 7.05 Å². The van der Waals surface area contributed by atoms with Crippen LogP contribution in [0.25, 0.3) is 22.1 Å². The Morgan fingerprint density at radius 2 is 2.04 bits per heavy atom. The maximum Gasteiger partial charge on any atom is 0.302 e. The molecule has 2 heterocycles. The van der Waals surface area contributed by atoms with Crippen LogP contribution in [0.15, 0.2) is 46.9 Å². The lowest BCUT2D eigenvalue weighted by Gasteiger charge is -2.07. The first-order chi connectivity index (χ1) is 13.0. The van der Waals surface area contributed by atoms with E-state index in [-0.39, 0.29) is 12.5 Å². The van der Waals surface area contributed by atoms with Crippen LogP contribution in [0, 0.1) is 0 Å². The summed E-state index contributed by atoms with van der Waals surface area (Å²) >= 11 is 0. The van der Waals surface area contributed by atoms with E-state index in [4.69, 9.17) is 4.42 Å². The summed E-state index contributed by atoms with van der Waals surface area (Å²) in [6.07, 6.45) is -0.598. The number of rotatable bonds is 5. The van der Waals surface area contributed by atoms with Gasteiger partial charge in [0, 0.05) is 19.2 Å². The van der Waals surface area contributed by atoms with Gasteiger partial charge in [-0.3, -0.25) is 10.1 Å². The second-order valence-corrected chi connectivity index (χ2v) is 6.37. The maximum atomic E-state index is 12.2. The van der Waals surface area contributed by atoms with Crippen LogP contribution < -0.4 is 10.6 Å². The minimum Gasteiger partial charge on any atom is -0.423 e. The van der Waals surface area contributed by atoms with Gasteiger partial charge in [-0.2, -0.15) is 4.98 Å². The summed E-state index contributed by atoms with van der Waals surface area (Å²) in [5.41, 5.74) is 3.46. The highest BCUT2D eigenvalue weighted by Gasteiger charge is 2.14. The van der Waals surface area contributed by atoms with Crippen molar-refractivity contribution in [2.45, 2.75) is 13.0 Å². The summed E-state index contributed by atoms with van der Waals surface area (Å²) in [7, 11) is 1.87. The Labute approximate surface area is 154 Å². The SMILES string of the molecule is CC(O)CNC(=O)c1ccc2c(c1)nc(Nc1nc3ccccc3o1)n2C. The number of benzene rings is 2. The van der Waals surface area contributed by atoms with Crippen LogP contribution in [-0.4, -0.2) is 38.2 Å². The molecule has 0 fully saturated rings. The van der Waals surface area contributed by atoms with Crippen LogP contribution in [0.1, 0.15) is 17.3 Å². The number of hydrogen-bond donors (Lipinski definition) is 3. The molecule has 0 radical (unpaired) electrons. The molecule has 0 aliphatic carbocycles. The smallest absolute Gasteiger partial charge is 0.302 e. The highest BCUT2D eigenvalue weighted by molar-refractivity contribution is 5.97. The molecule has 0 bridgehead atoms. The van der Waals surface area contributed by atoms with Gasteiger partial charge >= 0.3 is 6.01 Å². The van der Waals surface area contributed by atoms with E-state index in [1.165, 1.54) is 0 Å². The molecule has 4 rings (SSSR count). The molecule has 0 saturated carbocycles. The number of aromatic nitrogens is 3. The van der Waals surface area contributed by atoms with Gasteiger partial charge in [-0.1, -0.05) is 12.1 Å². The number of aryl methyl sites for hydroxylation is 1. The molecule has 8 heteroatoms. The number of nitrogens with one attached hydrogen (secondary N) is 2. The van der Waals surface area contributed by atoms with Gasteiger partial charge < -0.3 is 19.4 Å². The van der Waals surface area contributed by atoms with E-state index in [0.717, 1.165) is 11.0 Å². The minimum absolute atomic E-state index is 0.198. The standard InChI is InChI=1S/C19H19N5O3/c1-11(25)10-20-17(26)12-7-8-15-14(9-12)21-18(24(15)2)23-19-22-13-5-3-4-6-16(13)27-19/h3-9,11,25H,10H2,1-2H3,(H,20,26)(H,21,22,23). The van der Waals surface area contributed by atoms with Gasteiger partial charge in [0.05, 0.1) is 17.1 Å². The molecule has 27 heavy (non-hydrogen) atoms. The monoisotopic (exact) mass is 365 g/mol. The molecule has 0 saturated heterocycles. The zero-order valence-electron chi connectivity index (χ0n) is 14.9. The quantitative estimate of drug-likeness (QED) is 0.502. The van der Waals surface area contributed by atoms with Crippen molar-refractivity contribution in [3.8, 4) is 0 Å². The average molecular weight is 365 g/mol. The summed E-state index contributed by atoms with van der Waals surface area (Å²) in [6, 6.07) is 13.1. The van der Waals surface area contributed by atoms with Crippen molar-refractivity contribution in [2.24, 2.45) is 7.05 Å². The van der Waals surface area contributed by atoms with Crippen LogP contribution in [0.2, 0.25) is 0 Å². The van der Waals surface area contributed by atoms with Crippen molar-refractivity contribution in [3.63, 3.8) is 0 Å². The lowest BCUT2D eigenvalue weighted by atomic mass is 10.2. The second-order valence-electron chi connectivity index (χ2n) is 6.37. The first kappa shape index (κ1) is 17.0. The van der Waals surface area contributed by atoms with E-state index < -0.39 is 6.10 Å². The number of imidazole rings is 1. The fraction of sp³-hybridized carbons (Fsp3) is 0.211. The fourth-order valence-corrected chi connectivity index (χ4v) is 2.82. The van der Waals surface area contributed by atoms with Gasteiger partial charge in [0.1, 0.15) is 5.52 Å². The molecular formula is C19H19N5O3. The molecule has 0 spiro atoms. The van der Waals surface area contributed by atoms with E-state index in [1.807, 2.05) is 41.9 Å². The first-order valence-corrected chi connectivity index (χ1v) is 8.56. The van der Waals surface area contributed by atoms with Gasteiger partial charge in [-0.15, -0.1) is 0 Å². The third kappa shape index (κ3) is 3.34. The maximum absolute atomic E-state index is 12.2. The van der Waals surface area contributed by atoms with E-state index in [9.17, 15) is 9.90 Å². The zero-order chi connectivity index (χ0) is 19.0. The molecule has 3 N–H and O–H groups in total. The zero-order valence-corrected chi connectivity index (χ0v) is 14.9. The van der Waals surface area contributed by atoms with Crippen molar-refractivity contribution >= 4 is 40.0 Å². The molecule has 0 aliphatic heterocycles. The summed E-state index contributed by atoms with van der Waals surface area (Å²) in [5.74, 6) is 0.301. The lowest BCUT2D eigenvalue weighted by molar-refractivity contribution is 0.0924. The Morgan fingerprint density at radius 3 is 2.81 bits per heavy atom. The lowest BCUT2D eigenvalue weighted by Crippen LogP contribution is -2.30. The second kappa shape index (κ2) is 6.73. The van der Waals surface area contributed by atoms with Gasteiger partial charge in [0.2, 0.25) is 5.95 Å². The molecule has 1 amide bonds. The highest BCUT2D eigenvalue weighted by Crippen LogP contribution is 2.24. The summed E-state index contributed by atoms with van der Waals surface area (Å²) in [4.78, 5) is 21.1. The topological polar surface area (TPSA) is 105 Å². The Hall–Kier alpha value is -3.39. The minimum atomic E-state index is -0.598. The molecule has 2 aromatic carbocycles. The number of anilines is 2.